The van der Waals surface area contributed by atoms with E-state index in [1.54, 1.807) is 0 Å². The lowest BCUT2D eigenvalue weighted by molar-refractivity contribution is 0.0302. The summed E-state index contributed by atoms with van der Waals surface area (Å²) in [5, 5.41) is 8.97. The van der Waals surface area contributed by atoms with Crippen LogP contribution in [-0.4, -0.2) is 58.8 Å². The van der Waals surface area contributed by atoms with Gasteiger partial charge in [-0.15, -0.1) is 16.4 Å². The first-order chi connectivity index (χ1) is 11.7. The Morgan fingerprint density at radius 2 is 2.04 bits per heavy atom. The summed E-state index contributed by atoms with van der Waals surface area (Å²) in [6, 6.07) is 3.91. The number of rotatable bonds is 2. The number of fused-ring (bicyclic) bond motifs is 1. The van der Waals surface area contributed by atoms with Gasteiger partial charge in [-0.05, 0) is 31.9 Å². The van der Waals surface area contributed by atoms with E-state index < -0.39 is 0 Å². The van der Waals surface area contributed by atoms with Gasteiger partial charge >= 0.3 is 0 Å². The lowest BCUT2D eigenvalue weighted by Gasteiger charge is -2.26. The fourth-order valence-electron chi connectivity index (χ4n) is 2.97. The average Bonchev–Trinajstić information content (AvgIpc) is 3.07. The minimum atomic E-state index is 0.00707. The van der Waals surface area contributed by atoms with Gasteiger partial charge in [-0.1, -0.05) is 0 Å². The van der Waals surface area contributed by atoms with Crippen LogP contribution in [0.3, 0.4) is 0 Å². The molecule has 0 radical (unpaired) electrons. The highest BCUT2D eigenvalue weighted by atomic mass is 32.1. The number of anilines is 2. The van der Waals surface area contributed by atoms with E-state index in [-0.39, 0.29) is 5.91 Å². The molecule has 0 N–H and O–H groups in total. The van der Waals surface area contributed by atoms with Crippen LogP contribution >= 0.6 is 11.3 Å². The van der Waals surface area contributed by atoms with Gasteiger partial charge in [-0.25, -0.2) is 4.98 Å². The molecule has 7 nitrogen and oxygen atoms in total. The Bertz CT molecular complexity index is 739. The van der Waals surface area contributed by atoms with Gasteiger partial charge in [0.15, 0.2) is 10.8 Å². The van der Waals surface area contributed by atoms with Gasteiger partial charge in [-0.3, -0.25) is 4.79 Å². The second-order valence-corrected chi connectivity index (χ2v) is 7.04. The molecule has 24 heavy (non-hydrogen) atoms. The fourth-order valence-corrected chi connectivity index (χ4v) is 4.05. The molecule has 1 fully saturated rings. The highest BCUT2D eigenvalue weighted by Gasteiger charge is 2.28. The van der Waals surface area contributed by atoms with Gasteiger partial charge < -0.3 is 14.5 Å². The third-order valence-electron chi connectivity index (χ3n) is 4.26. The number of hydrogen-bond acceptors (Lipinski definition) is 7. The predicted octanol–water partition coefficient (Wildman–Crippen LogP) is 1.80. The van der Waals surface area contributed by atoms with Crippen molar-refractivity contribution in [2.24, 2.45) is 0 Å². The minimum Gasteiger partial charge on any atom is -0.378 e. The van der Waals surface area contributed by atoms with Gasteiger partial charge in [0, 0.05) is 24.5 Å². The number of nitrogens with zero attached hydrogens (tertiary/aromatic N) is 5. The maximum atomic E-state index is 12.7. The first-order valence-corrected chi connectivity index (χ1v) is 8.98. The van der Waals surface area contributed by atoms with Crippen LogP contribution in [0.2, 0.25) is 0 Å². The molecular formula is C16H19N5O2S. The number of carbonyl (C=O) groups is 1. The molecule has 4 heterocycles. The van der Waals surface area contributed by atoms with E-state index in [1.807, 2.05) is 24.0 Å². The maximum absolute atomic E-state index is 12.7. The van der Waals surface area contributed by atoms with Crippen LogP contribution in [0.1, 0.15) is 26.8 Å². The lowest BCUT2D eigenvalue weighted by atomic mass is 10.2. The number of amides is 1. The van der Waals surface area contributed by atoms with Crippen LogP contribution in [0, 0.1) is 6.92 Å². The van der Waals surface area contributed by atoms with E-state index in [1.165, 1.54) is 11.3 Å². The van der Waals surface area contributed by atoms with Gasteiger partial charge in [0.25, 0.3) is 5.91 Å². The van der Waals surface area contributed by atoms with Gasteiger partial charge in [0.2, 0.25) is 0 Å². The van der Waals surface area contributed by atoms with Crippen molar-refractivity contribution in [3.63, 3.8) is 0 Å². The molecule has 2 aromatic heterocycles. The van der Waals surface area contributed by atoms with Crippen molar-refractivity contribution in [2.75, 3.05) is 37.7 Å². The highest BCUT2D eigenvalue weighted by Crippen LogP contribution is 2.35. The van der Waals surface area contributed by atoms with E-state index in [0.29, 0.717) is 31.3 Å². The first kappa shape index (κ1) is 15.5. The average molecular weight is 345 g/mol. The standard InChI is InChI=1S/C16H19N5O2S/c1-11-4-5-13(19-18-11)21-6-2-3-12-14(21)17-15(24-12)16(22)20-7-9-23-10-8-20/h4-5H,2-3,6-10H2,1H3. The summed E-state index contributed by atoms with van der Waals surface area (Å²) in [4.78, 5) is 22.4. The zero-order chi connectivity index (χ0) is 16.5. The summed E-state index contributed by atoms with van der Waals surface area (Å²) >= 11 is 1.51. The van der Waals surface area contributed by atoms with E-state index in [4.69, 9.17) is 4.74 Å². The summed E-state index contributed by atoms with van der Waals surface area (Å²) < 4.78 is 5.32. The highest BCUT2D eigenvalue weighted by molar-refractivity contribution is 7.14. The van der Waals surface area contributed by atoms with Crippen LogP contribution in [0.15, 0.2) is 12.1 Å². The first-order valence-electron chi connectivity index (χ1n) is 8.17. The summed E-state index contributed by atoms with van der Waals surface area (Å²) in [7, 11) is 0. The summed E-state index contributed by atoms with van der Waals surface area (Å²) in [6.45, 7) is 5.23. The largest absolute Gasteiger partial charge is 0.378 e. The molecule has 2 aliphatic rings. The Balaban J connectivity index is 1.62. The molecule has 1 amide bonds. The SMILES string of the molecule is Cc1ccc(N2CCCc3sc(C(=O)N4CCOCC4)nc32)nn1. The van der Waals surface area contributed by atoms with E-state index in [9.17, 15) is 4.79 Å². The number of aromatic nitrogens is 3. The number of morpholine rings is 1. The van der Waals surface area contributed by atoms with Crippen LogP contribution in [0.5, 0.6) is 0 Å². The molecule has 8 heteroatoms. The zero-order valence-electron chi connectivity index (χ0n) is 13.6. The molecule has 1 saturated heterocycles. The van der Waals surface area contributed by atoms with E-state index >= 15 is 0 Å². The predicted molar refractivity (Wildman–Crippen MR) is 90.9 cm³/mol. The van der Waals surface area contributed by atoms with Crippen molar-refractivity contribution in [2.45, 2.75) is 19.8 Å². The van der Waals surface area contributed by atoms with Crippen molar-refractivity contribution >= 4 is 28.9 Å². The topological polar surface area (TPSA) is 71.5 Å². The second-order valence-electron chi connectivity index (χ2n) is 5.96. The molecule has 0 spiro atoms. The quantitative estimate of drug-likeness (QED) is 0.826. The number of thiazole rings is 1. The van der Waals surface area contributed by atoms with E-state index in [2.05, 4.69) is 20.1 Å². The molecule has 0 unspecified atom stereocenters. The van der Waals surface area contributed by atoms with Crippen LogP contribution < -0.4 is 4.90 Å². The zero-order valence-corrected chi connectivity index (χ0v) is 14.4. The van der Waals surface area contributed by atoms with Crippen LogP contribution in [0.4, 0.5) is 11.6 Å². The molecule has 126 valence electrons. The number of carbonyl (C=O) groups excluding carboxylic acids is 1. The monoisotopic (exact) mass is 345 g/mol. The maximum Gasteiger partial charge on any atom is 0.283 e. The third-order valence-corrected chi connectivity index (χ3v) is 5.35. The number of aryl methyl sites for hydroxylation is 2. The second kappa shape index (κ2) is 6.45. The van der Waals surface area contributed by atoms with Crippen molar-refractivity contribution in [1.82, 2.24) is 20.1 Å². The lowest BCUT2D eigenvalue weighted by Crippen LogP contribution is -2.40. The van der Waals surface area contributed by atoms with Crippen molar-refractivity contribution in [3.8, 4) is 0 Å². The third kappa shape index (κ3) is 2.87. The number of ether oxygens (including phenoxy) is 1. The van der Waals surface area contributed by atoms with E-state index in [0.717, 1.165) is 41.6 Å². The van der Waals surface area contributed by atoms with Gasteiger partial charge in [-0.2, -0.15) is 5.10 Å². The normalized spacial score (nSPS) is 17.7. The Morgan fingerprint density at radius 3 is 2.79 bits per heavy atom. The van der Waals surface area contributed by atoms with Crippen LogP contribution in [0.25, 0.3) is 0 Å². The van der Waals surface area contributed by atoms with Crippen LogP contribution in [-0.2, 0) is 11.2 Å². The summed E-state index contributed by atoms with van der Waals surface area (Å²) in [5.74, 6) is 1.66. The number of hydrogen-bond donors (Lipinski definition) is 0. The molecule has 0 aliphatic carbocycles. The minimum absolute atomic E-state index is 0.00707. The Labute approximate surface area is 144 Å². The molecule has 4 rings (SSSR count). The summed E-state index contributed by atoms with van der Waals surface area (Å²) in [5.41, 5.74) is 0.887. The Hall–Kier alpha value is -2.06. The van der Waals surface area contributed by atoms with Gasteiger partial charge in [0.05, 0.1) is 18.9 Å². The molecule has 2 aromatic rings. The molecule has 2 aliphatic heterocycles. The van der Waals surface area contributed by atoms with Crippen molar-refractivity contribution in [1.29, 1.82) is 0 Å². The molecular weight excluding hydrogens is 326 g/mol. The Morgan fingerprint density at radius 1 is 1.21 bits per heavy atom. The molecule has 0 atom stereocenters. The van der Waals surface area contributed by atoms with Gasteiger partial charge in [0.1, 0.15) is 5.82 Å². The molecule has 0 bridgehead atoms. The fraction of sp³-hybridized carbons (Fsp3) is 0.500. The molecule has 0 saturated carbocycles. The summed E-state index contributed by atoms with van der Waals surface area (Å²) in [6.07, 6.45) is 1.98. The Kier molecular flexibility index (Phi) is 4.15. The van der Waals surface area contributed by atoms with Crippen molar-refractivity contribution < 1.29 is 9.53 Å². The molecule has 0 aromatic carbocycles. The smallest absolute Gasteiger partial charge is 0.283 e. The van der Waals surface area contributed by atoms with Crippen molar-refractivity contribution in [3.05, 3.63) is 27.7 Å².